The Morgan fingerprint density at radius 1 is 1.33 bits per heavy atom. The minimum atomic E-state index is -0.238. The van der Waals surface area contributed by atoms with Crippen LogP contribution in [0.1, 0.15) is 45.8 Å². The number of fused-ring (bicyclic) bond motifs is 3. The van der Waals surface area contributed by atoms with Gasteiger partial charge in [-0.2, -0.15) is 0 Å². The lowest BCUT2D eigenvalue weighted by Crippen LogP contribution is -2.66. The fourth-order valence-electron chi connectivity index (χ4n) is 5.49. The monoisotopic (exact) mass is 330 g/mol. The summed E-state index contributed by atoms with van der Waals surface area (Å²) in [6.07, 6.45) is 1.02. The molecule has 2 fully saturated rings. The van der Waals surface area contributed by atoms with Gasteiger partial charge in [-0.15, -0.1) is 0 Å². The minimum absolute atomic E-state index is 0.0629. The molecule has 6 atom stereocenters. The van der Waals surface area contributed by atoms with Crippen molar-refractivity contribution in [1.82, 2.24) is 0 Å². The Labute approximate surface area is 143 Å². The van der Waals surface area contributed by atoms with Crippen LogP contribution in [0.25, 0.3) is 0 Å². The number of carbonyl (C=O) groups is 1. The molecule has 0 amide bonds. The largest absolute Gasteiger partial charge is 0.487 e. The van der Waals surface area contributed by atoms with Gasteiger partial charge in [0.2, 0.25) is 0 Å². The number of rotatable bonds is 2. The van der Waals surface area contributed by atoms with E-state index in [4.69, 9.17) is 14.2 Å². The molecule has 1 aromatic rings. The summed E-state index contributed by atoms with van der Waals surface area (Å²) in [5.41, 5.74) is 0.794. The maximum atomic E-state index is 11.4. The highest BCUT2D eigenvalue weighted by Gasteiger charge is 2.64. The van der Waals surface area contributed by atoms with Gasteiger partial charge in [-0.25, -0.2) is 0 Å². The van der Waals surface area contributed by atoms with Crippen molar-refractivity contribution in [3.8, 4) is 5.75 Å². The van der Waals surface area contributed by atoms with E-state index in [2.05, 4.69) is 26.8 Å². The van der Waals surface area contributed by atoms with E-state index in [9.17, 15) is 4.79 Å². The second-order valence-corrected chi connectivity index (χ2v) is 8.12. The molecule has 1 aromatic carbocycles. The summed E-state index contributed by atoms with van der Waals surface area (Å²) >= 11 is 0. The van der Waals surface area contributed by atoms with E-state index >= 15 is 0 Å². The van der Waals surface area contributed by atoms with Crippen molar-refractivity contribution in [1.29, 1.82) is 0 Å². The number of hydrogen-bond acceptors (Lipinski definition) is 4. The normalized spacial score (nSPS) is 42.7. The van der Waals surface area contributed by atoms with Gasteiger partial charge in [0.05, 0.1) is 19.3 Å². The third-order valence-corrected chi connectivity index (χ3v) is 6.81. The lowest BCUT2D eigenvalue weighted by molar-refractivity contribution is -0.261. The van der Waals surface area contributed by atoms with Crippen molar-refractivity contribution in [2.24, 2.45) is 23.2 Å². The zero-order valence-electron chi connectivity index (χ0n) is 14.9. The van der Waals surface area contributed by atoms with Crippen molar-refractivity contribution in [3.63, 3.8) is 0 Å². The molecule has 4 heteroatoms. The summed E-state index contributed by atoms with van der Waals surface area (Å²) in [5, 5.41) is 0. The molecule has 24 heavy (non-hydrogen) atoms. The molecule has 1 saturated heterocycles. The molecule has 5 unspecified atom stereocenters. The Kier molecular flexibility index (Phi) is 3.47. The van der Waals surface area contributed by atoms with E-state index in [1.807, 2.05) is 18.2 Å². The summed E-state index contributed by atoms with van der Waals surface area (Å²) < 4.78 is 18.4. The van der Waals surface area contributed by atoms with Crippen LogP contribution >= 0.6 is 0 Å². The summed E-state index contributed by atoms with van der Waals surface area (Å²) in [4.78, 5) is 11.4. The molecule has 3 aliphatic rings. The predicted octanol–water partition coefficient (Wildman–Crippen LogP) is 3.75. The van der Waals surface area contributed by atoms with Crippen molar-refractivity contribution in [3.05, 3.63) is 29.8 Å². The Balaban J connectivity index is 1.76. The number of esters is 1. The second kappa shape index (κ2) is 5.22. The SMILES string of the molecule is CC(=O)OCC12COC3c4ccccc4OC(C)(CC1C)C3[C@@H]2C. The summed E-state index contributed by atoms with van der Waals surface area (Å²) in [6, 6.07) is 8.23. The van der Waals surface area contributed by atoms with Crippen LogP contribution in [0.15, 0.2) is 24.3 Å². The fourth-order valence-corrected chi connectivity index (χ4v) is 5.49. The van der Waals surface area contributed by atoms with Gasteiger partial charge in [0.1, 0.15) is 11.4 Å². The molecule has 4 rings (SSSR count). The topological polar surface area (TPSA) is 44.8 Å². The van der Waals surface area contributed by atoms with Gasteiger partial charge >= 0.3 is 5.97 Å². The van der Waals surface area contributed by atoms with Gasteiger partial charge < -0.3 is 14.2 Å². The minimum Gasteiger partial charge on any atom is -0.487 e. The maximum absolute atomic E-state index is 11.4. The van der Waals surface area contributed by atoms with Crippen LogP contribution in [0.4, 0.5) is 0 Å². The number of para-hydroxylation sites is 1. The fraction of sp³-hybridized carbons (Fsp3) is 0.650. The molecular formula is C20H26O4. The first kappa shape index (κ1) is 15.9. The molecule has 0 N–H and O–H groups in total. The van der Waals surface area contributed by atoms with Crippen LogP contribution in [0, 0.1) is 23.2 Å². The van der Waals surface area contributed by atoms with Crippen molar-refractivity contribution in [2.45, 2.75) is 45.8 Å². The third kappa shape index (κ3) is 2.05. The van der Waals surface area contributed by atoms with Crippen LogP contribution in [-0.4, -0.2) is 24.8 Å². The number of hydrogen-bond donors (Lipinski definition) is 0. The second-order valence-electron chi connectivity index (χ2n) is 8.12. The molecule has 0 radical (unpaired) electrons. The number of ether oxygens (including phenoxy) is 3. The standard InChI is InChI=1S/C20H26O4/c1-12-9-19(4)17-13(2)20(12,10-22-14(3)21)11-23-18(17)15-7-5-6-8-16(15)24-19/h5-8,12-13,17-18H,9-11H2,1-4H3/t12?,13-,17?,18?,19?,20?/m0/s1. The lowest BCUT2D eigenvalue weighted by atomic mass is 9.50. The van der Waals surface area contributed by atoms with E-state index in [1.54, 1.807) is 0 Å². The molecule has 4 nitrogen and oxygen atoms in total. The van der Waals surface area contributed by atoms with Crippen LogP contribution < -0.4 is 4.74 Å². The average molecular weight is 330 g/mol. The summed E-state index contributed by atoms with van der Waals surface area (Å²) in [5.74, 6) is 1.73. The van der Waals surface area contributed by atoms with Crippen molar-refractivity contribution < 1.29 is 19.0 Å². The summed E-state index contributed by atoms with van der Waals surface area (Å²) in [7, 11) is 0. The highest BCUT2D eigenvalue weighted by atomic mass is 16.5. The van der Waals surface area contributed by atoms with Gasteiger partial charge in [0.15, 0.2) is 0 Å². The zero-order valence-corrected chi connectivity index (χ0v) is 14.9. The van der Waals surface area contributed by atoms with Gasteiger partial charge in [-0.3, -0.25) is 4.79 Å². The van der Waals surface area contributed by atoms with E-state index in [0.717, 1.165) is 17.7 Å². The quantitative estimate of drug-likeness (QED) is 0.775. The Morgan fingerprint density at radius 3 is 2.83 bits per heavy atom. The first-order chi connectivity index (χ1) is 11.4. The first-order valence-electron chi connectivity index (χ1n) is 8.90. The highest BCUT2D eigenvalue weighted by Crippen LogP contribution is 2.63. The van der Waals surface area contributed by atoms with Crippen molar-refractivity contribution >= 4 is 5.97 Å². The molecule has 1 aliphatic carbocycles. The van der Waals surface area contributed by atoms with Crippen LogP contribution in [-0.2, 0) is 14.3 Å². The summed E-state index contributed by atoms with van der Waals surface area (Å²) in [6.45, 7) is 9.30. The predicted molar refractivity (Wildman–Crippen MR) is 89.7 cm³/mol. The Hall–Kier alpha value is -1.55. The number of benzene rings is 1. The van der Waals surface area contributed by atoms with Gasteiger partial charge in [0.25, 0.3) is 0 Å². The van der Waals surface area contributed by atoms with Gasteiger partial charge in [-0.05, 0) is 31.2 Å². The van der Waals surface area contributed by atoms with Gasteiger partial charge in [0, 0.05) is 23.8 Å². The first-order valence-corrected chi connectivity index (χ1v) is 8.90. The zero-order chi connectivity index (χ0) is 17.1. The van der Waals surface area contributed by atoms with Crippen LogP contribution in [0.2, 0.25) is 0 Å². The molecule has 2 heterocycles. The number of carbonyl (C=O) groups excluding carboxylic acids is 1. The van der Waals surface area contributed by atoms with E-state index in [-0.39, 0.29) is 29.0 Å². The Morgan fingerprint density at radius 2 is 2.08 bits per heavy atom. The molecule has 2 bridgehead atoms. The van der Waals surface area contributed by atoms with Gasteiger partial charge in [-0.1, -0.05) is 32.0 Å². The van der Waals surface area contributed by atoms with Crippen molar-refractivity contribution in [2.75, 3.05) is 13.2 Å². The maximum Gasteiger partial charge on any atom is 0.302 e. The van der Waals surface area contributed by atoms with Crippen LogP contribution in [0.5, 0.6) is 5.75 Å². The lowest BCUT2D eigenvalue weighted by Gasteiger charge is -2.63. The highest BCUT2D eigenvalue weighted by molar-refractivity contribution is 5.65. The molecule has 0 spiro atoms. The molecule has 0 aromatic heterocycles. The van der Waals surface area contributed by atoms with E-state index in [1.165, 1.54) is 6.92 Å². The average Bonchev–Trinajstić information content (AvgIpc) is 2.52. The Bertz CT molecular complexity index is 671. The van der Waals surface area contributed by atoms with Crippen LogP contribution in [0.3, 0.4) is 0 Å². The van der Waals surface area contributed by atoms with E-state index < -0.39 is 0 Å². The third-order valence-electron chi connectivity index (χ3n) is 6.81. The molecular weight excluding hydrogens is 304 g/mol. The molecule has 1 saturated carbocycles. The van der Waals surface area contributed by atoms with E-state index in [0.29, 0.717) is 25.0 Å². The smallest absolute Gasteiger partial charge is 0.302 e. The molecule has 2 aliphatic heterocycles. The molecule has 130 valence electrons.